The van der Waals surface area contributed by atoms with E-state index in [1.807, 2.05) is 6.92 Å². The highest BCUT2D eigenvalue weighted by Gasteiger charge is 2.06. The Morgan fingerprint density at radius 1 is 1.16 bits per heavy atom. The number of benzene rings is 2. The van der Waals surface area contributed by atoms with Gasteiger partial charge < -0.3 is 10.6 Å². The predicted molar refractivity (Wildman–Crippen MR) is 102 cm³/mol. The van der Waals surface area contributed by atoms with Crippen LogP contribution in [0.4, 0.5) is 15.8 Å². The first-order chi connectivity index (χ1) is 11.9. The number of halogens is 2. The largest absolute Gasteiger partial charge is 0.326 e. The zero-order chi connectivity index (χ0) is 18.4. The zero-order valence-electron chi connectivity index (χ0n) is 13.9. The van der Waals surface area contributed by atoms with Gasteiger partial charge in [-0.15, -0.1) is 0 Å². The van der Waals surface area contributed by atoms with Gasteiger partial charge in [0.2, 0.25) is 11.8 Å². The van der Waals surface area contributed by atoms with E-state index < -0.39 is 5.82 Å². The molecule has 25 heavy (non-hydrogen) atoms. The molecular formula is C19H18BrFN2O2. The molecule has 2 N–H and O–H groups in total. The van der Waals surface area contributed by atoms with E-state index in [-0.39, 0.29) is 11.8 Å². The van der Waals surface area contributed by atoms with Gasteiger partial charge in [0.1, 0.15) is 5.82 Å². The third-order valence-electron chi connectivity index (χ3n) is 3.47. The summed E-state index contributed by atoms with van der Waals surface area (Å²) in [5, 5.41) is 5.48. The lowest BCUT2D eigenvalue weighted by Crippen LogP contribution is -2.12. The number of carbonyl (C=O) groups is 2. The van der Waals surface area contributed by atoms with Crippen LogP contribution in [0.2, 0.25) is 0 Å². The van der Waals surface area contributed by atoms with E-state index in [9.17, 15) is 14.0 Å². The summed E-state index contributed by atoms with van der Waals surface area (Å²) < 4.78 is 14.4. The Bertz CT molecular complexity index is 834. The van der Waals surface area contributed by atoms with Gasteiger partial charge in [-0.1, -0.05) is 28.9 Å². The van der Waals surface area contributed by atoms with Crippen molar-refractivity contribution in [3.8, 4) is 0 Å². The molecule has 0 aliphatic rings. The number of nitrogens with one attached hydrogen (secondary N) is 2. The highest BCUT2D eigenvalue weighted by molar-refractivity contribution is 9.10. The summed E-state index contributed by atoms with van der Waals surface area (Å²) in [6, 6.07) is 9.77. The van der Waals surface area contributed by atoms with Crippen LogP contribution >= 0.6 is 15.9 Å². The topological polar surface area (TPSA) is 58.2 Å². The second-order valence-corrected chi connectivity index (χ2v) is 6.34. The van der Waals surface area contributed by atoms with Crippen molar-refractivity contribution < 1.29 is 14.0 Å². The minimum atomic E-state index is -0.410. The van der Waals surface area contributed by atoms with Gasteiger partial charge in [0.05, 0.1) is 0 Å². The van der Waals surface area contributed by atoms with Crippen LogP contribution in [0.5, 0.6) is 0 Å². The highest BCUT2D eigenvalue weighted by Crippen LogP contribution is 2.21. The second-order valence-electron chi connectivity index (χ2n) is 5.42. The summed E-state index contributed by atoms with van der Waals surface area (Å²) in [5.74, 6) is -0.902. The monoisotopic (exact) mass is 404 g/mol. The maximum absolute atomic E-state index is 13.7. The summed E-state index contributed by atoms with van der Waals surface area (Å²) in [7, 11) is 0. The fourth-order valence-corrected chi connectivity index (χ4v) is 2.44. The minimum Gasteiger partial charge on any atom is -0.326 e. The molecule has 0 radical (unpaired) electrons. The van der Waals surface area contributed by atoms with Crippen molar-refractivity contribution in [2.45, 2.75) is 20.3 Å². The molecule has 0 aromatic heterocycles. The predicted octanol–water partition coefficient (Wildman–Crippen LogP) is 4.90. The zero-order valence-corrected chi connectivity index (χ0v) is 15.5. The lowest BCUT2D eigenvalue weighted by Gasteiger charge is -2.10. The maximum Gasteiger partial charge on any atom is 0.248 e. The first-order valence-electron chi connectivity index (χ1n) is 7.73. The van der Waals surface area contributed by atoms with E-state index in [4.69, 9.17) is 0 Å². The lowest BCUT2D eigenvalue weighted by atomic mass is 10.1. The van der Waals surface area contributed by atoms with Crippen LogP contribution in [-0.2, 0) is 9.59 Å². The molecule has 2 amide bonds. The fourth-order valence-electron chi connectivity index (χ4n) is 2.07. The Hall–Kier alpha value is -2.47. The van der Waals surface area contributed by atoms with Crippen LogP contribution in [0, 0.1) is 12.7 Å². The molecule has 0 spiro atoms. The number of carbonyl (C=O) groups excluding carboxylic acids is 2. The number of hydrogen-bond donors (Lipinski definition) is 2. The smallest absolute Gasteiger partial charge is 0.248 e. The molecule has 2 aromatic rings. The molecule has 2 rings (SSSR count). The highest BCUT2D eigenvalue weighted by atomic mass is 79.9. The first-order valence-corrected chi connectivity index (χ1v) is 8.53. The van der Waals surface area contributed by atoms with Gasteiger partial charge in [-0.25, -0.2) is 4.39 Å². The SMILES string of the molecule is CCC(=O)Nc1ccc(C)c(NC(=O)/C=C/c2cc(Br)ccc2F)c1. The molecule has 0 bridgehead atoms. The number of hydrogen-bond acceptors (Lipinski definition) is 2. The Morgan fingerprint density at radius 3 is 2.64 bits per heavy atom. The lowest BCUT2D eigenvalue weighted by molar-refractivity contribution is -0.116. The van der Waals surface area contributed by atoms with Gasteiger partial charge in [0, 0.05) is 33.9 Å². The summed E-state index contributed by atoms with van der Waals surface area (Å²) in [5.41, 5.74) is 2.35. The van der Waals surface area contributed by atoms with Crippen molar-refractivity contribution >= 4 is 45.2 Å². The van der Waals surface area contributed by atoms with Crippen LogP contribution in [0.1, 0.15) is 24.5 Å². The third-order valence-corrected chi connectivity index (χ3v) is 3.97. The molecule has 0 atom stereocenters. The Kier molecular flexibility index (Phi) is 6.47. The average molecular weight is 405 g/mol. The number of aryl methyl sites for hydroxylation is 1. The van der Waals surface area contributed by atoms with Gasteiger partial charge in [-0.2, -0.15) is 0 Å². The second kappa shape index (κ2) is 8.58. The molecule has 0 heterocycles. The van der Waals surface area contributed by atoms with Crippen LogP contribution in [0.15, 0.2) is 46.9 Å². The fraction of sp³-hybridized carbons (Fsp3) is 0.158. The van der Waals surface area contributed by atoms with E-state index in [0.29, 0.717) is 23.4 Å². The van der Waals surface area contributed by atoms with E-state index in [2.05, 4.69) is 26.6 Å². The van der Waals surface area contributed by atoms with E-state index in [0.717, 1.165) is 10.0 Å². The maximum atomic E-state index is 13.7. The molecular weight excluding hydrogens is 387 g/mol. The van der Waals surface area contributed by atoms with Crippen molar-refractivity contribution in [2.75, 3.05) is 10.6 Å². The molecule has 130 valence electrons. The molecule has 0 unspecified atom stereocenters. The van der Waals surface area contributed by atoms with Crippen molar-refractivity contribution in [1.82, 2.24) is 0 Å². The van der Waals surface area contributed by atoms with E-state index in [1.54, 1.807) is 37.3 Å². The molecule has 0 saturated carbocycles. The summed E-state index contributed by atoms with van der Waals surface area (Å²) in [6.07, 6.45) is 3.05. The average Bonchev–Trinajstić information content (AvgIpc) is 2.58. The van der Waals surface area contributed by atoms with Crippen molar-refractivity contribution in [1.29, 1.82) is 0 Å². The van der Waals surface area contributed by atoms with Crippen LogP contribution in [0.25, 0.3) is 6.08 Å². The van der Waals surface area contributed by atoms with E-state index >= 15 is 0 Å². The number of amides is 2. The quantitative estimate of drug-likeness (QED) is 0.696. The van der Waals surface area contributed by atoms with Crippen LogP contribution in [0.3, 0.4) is 0 Å². The standard InChI is InChI=1S/C19H18BrFN2O2/c1-3-18(24)22-15-7-4-12(2)17(11-15)23-19(25)9-5-13-10-14(20)6-8-16(13)21/h4-11H,3H2,1-2H3,(H,22,24)(H,23,25)/b9-5+. The van der Waals surface area contributed by atoms with Crippen LogP contribution < -0.4 is 10.6 Å². The Balaban J connectivity index is 2.11. The molecule has 0 fully saturated rings. The van der Waals surface area contributed by atoms with Gasteiger partial charge in [0.15, 0.2) is 0 Å². The number of anilines is 2. The number of rotatable bonds is 5. The van der Waals surface area contributed by atoms with Crippen molar-refractivity contribution in [3.63, 3.8) is 0 Å². The van der Waals surface area contributed by atoms with Gasteiger partial charge in [-0.05, 0) is 48.9 Å². The summed E-state index contributed by atoms with van der Waals surface area (Å²) in [4.78, 5) is 23.6. The van der Waals surface area contributed by atoms with Crippen LogP contribution in [-0.4, -0.2) is 11.8 Å². The normalized spacial score (nSPS) is 10.7. The van der Waals surface area contributed by atoms with Gasteiger partial charge in [0.25, 0.3) is 0 Å². The molecule has 0 saturated heterocycles. The molecule has 0 aliphatic heterocycles. The van der Waals surface area contributed by atoms with E-state index in [1.165, 1.54) is 18.2 Å². The van der Waals surface area contributed by atoms with Gasteiger partial charge >= 0.3 is 0 Å². The molecule has 4 nitrogen and oxygen atoms in total. The van der Waals surface area contributed by atoms with Crippen molar-refractivity contribution in [3.05, 3.63) is 63.9 Å². The van der Waals surface area contributed by atoms with Crippen molar-refractivity contribution in [2.24, 2.45) is 0 Å². The Labute approximate surface area is 154 Å². The summed E-state index contributed by atoms with van der Waals surface area (Å²) >= 11 is 3.26. The van der Waals surface area contributed by atoms with Gasteiger partial charge in [-0.3, -0.25) is 9.59 Å². The third kappa shape index (κ3) is 5.53. The molecule has 0 aliphatic carbocycles. The molecule has 2 aromatic carbocycles. The molecule has 6 heteroatoms. The minimum absolute atomic E-state index is 0.105. The first kappa shape index (κ1) is 18.9. The summed E-state index contributed by atoms with van der Waals surface area (Å²) in [6.45, 7) is 3.61. The Morgan fingerprint density at radius 2 is 1.92 bits per heavy atom.